The molecule has 0 heterocycles. The topological polar surface area (TPSA) is 69.6 Å². The summed E-state index contributed by atoms with van der Waals surface area (Å²) < 4.78 is 37.8. The number of benzene rings is 2. The SMILES string of the molecule is CCCCCCN(C(=O)Nc1ccc(SC(F)(F)F)cc1)C1Cc2ccc(SC(C)C(=O)O)cc2C1. The second-order valence-corrected chi connectivity index (χ2v) is 11.4. The van der Waals surface area contributed by atoms with Gasteiger partial charge in [0.15, 0.2) is 0 Å². The highest BCUT2D eigenvalue weighted by Crippen LogP contribution is 2.37. The molecule has 0 radical (unpaired) electrons. The fourth-order valence-electron chi connectivity index (χ4n) is 4.21. The van der Waals surface area contributed by atoms with Crippen LogP contribution >= 0.6 is 23.5 Å². The number of urea groups is 1. The lowest BCUT2D eigenvalue weighted by atomic mass is 10.1. The molecule has 196 valence electrons. The van der Waals surface area contributed by atoms with Gasteiger partial charge in [0.1, 0.15) is 5.25 Å². The fourth-order valence-corrected chi connectivity index (χ4v) is 5.62. The average molecular weight is 541 g/mol. The summed E-state index contributed by atoms with van der Waals surface area (Å²) in [6.45, 7) is 4.36. The van der Waals surface area contributed by atoms with Crippen molar-refractivity contribution >= 4 is 41.2 Å². The van der Waals surface area contributed by atoms with Crippen molar-refractivity contribution in [2.45, 2.75) is 79.0 Å². The smallest absolute Gasteiger partial charge is 0.446 e. The van der Waals surface area contributed by atoms with Crippen molar-refractivity contribution in [3.05, 3.63) is 53.6 Å². The third-order valence-corrected chi connectivity index (χ3v) is 7.86. The van der Waals surface area contributed by atoms with Gasteiger partial charge < -0.3 is 15.3 Å². The minimum absolute atomic E-state index is 0.0427. The predicted molar refractivity (Wildman–Crippen MR) is 139 cm³/mol. The van der Waals surface area contributed by atoms with Gasteiger partial charge in [0.05, 0.1) is 0 Å². The molecule has 0 saturated heterocycles. The number of carboxylic acids is 1. The van der Waals surface area contributed by atoms with Crippen LogP contribution in [-0.4, -0.2) is 45.4 Å². The molecule has 2 aromatic rings. The molecular formula is C26H31F3N2O3S2. The Labute approximate surface area is 218 Å². The Morgan fingerprint density at radius 2 is 1.72 bits per heavy atom. The predicted octanol–water partition coefficient (Wildman–Crippen LogP) is 7.45. The normalized spacial score (nSPS) is 15.9. The van der Waals surface area contributed by atoms with Crippen molar-refractivity contribution in [1.29, 1.82) is 0 Å². The molecule has 1 aliphatic rings. The standard InChI is InChI=1S/C26H31F3N2O3S2/c1-3-4-5-6-13-31(25(34)30-20-8-11-22(12-9-20)36-26(27,28)29)21-14-18-7-10-23(16-19(18)15-21)35-17(2)24(32)33/h7-12,16-17,21H,3-6,13-15H2,1-2H3,(H,30,34)(H,32,33). The molecule has 36 heavy (non-hydrogen) atoms. The molecule has 0 spiro atoms. The van der Waals surface area contributed by atoms with Crippen LogP contribution in [0.3, 0.4) is 0 Å². The number of alkyl halides is 3. The summed E-state index contributed by atoms with van der Waals surface area (Å²) in [6, 6.07) is 11.3. The van der Waals surface area contributed by atoms with Gasteiger partial charge in [0.2, 0.25) is 0 Å². The van der Waals surface area contributed by atoms with Gasteiger partial charge in [0.25, 0.3) is 0 Å². The van der Waals surface area contributed by atoms with E-state index in [2.05, 4.69) is 12.2 Å². The molecule has 1 aliphatic carbocycles. The third kappa shape index (κ3) is 8.37. The Bertz CT molecular complexity index is 1050. The maximum Gasteiger partial charge on any atom is 0.446 e. The Morgan fingerprint density at radius 3 is 2.36 bits per heavy atom. The molecule has 10 heteroatoms. The number of fused-ring (bicyclic) bond motifs is 1. The lowest BCUT2D eigenvalue weighted by Crippen LogP contribution is -2.44. The lowest BCUT2D eigenvalue weighted by molar-refractivity contribution is -0.136. The number of carbonyl (C=O) groups excluding carboxylic acids is 1. The Hall–Kier alpha value is -2.33. The zero-order valence-electron chi connectivity index (χ0n) is 20.3. The largest absolute Gasteiger partial charge is 0.480 e. The van der Waals surface area contributed by atoms with Crippen LogP contribution in [0.5, 0.6) is 0 Å². The van der Waals surface area contributed by atoms with Gasteiger partial charge in [-0.25, -0.2) is 4.79 Å². The molecule has 5 nitrogen and oxygen atoms in total. The van der Waals surface area contributed by atoms with Crippen LogP contribution in [0, 0.1) is 0 Å². The summed E-state index contributed by atoms with van der Waals surface area (Å²) >= 11 is 1.11. The number of thioether (sulfide) groups is 2. The number of hydrogen-bond acceptors (Lipinski definition) is 4. The first-order valence-corrected chi connectivity index (χ1v) is 13.7. The van der Waals surface area contributed by atoms with E-state index < -0.39 is 16.7 Å². The molecule has 2 aromatic carbocycles. The summed E-state index contributed by atoms with van der Waals surface area (Å²) in [5.41, 5.74) is -1.65. The first kappa shape index (κ1) is 28.2. The number of carbonyl (C=O) groups is 2. The van der Waals surface area contributed by atoms with E-state index in [9.17, 15) is 27.9 Å². The molecule has 0 bridgehead atoms. The van der Waals surface area contributed by atoms with Crippen LogP contribution in [0.4, 0.5) is 23.7 Å². The molecular weight excluding hydrogens is 509 g/mol. The van der Waals surface area contributed by atoms with Crippen molar-refractivity contribution in [1.82, 2.24) is 4.90 Å². The van der Waals surface area contributed by atoms with E-state index in [-0.39, 0.29) is 28.7 Å². The van der Waals surface area contributed by atoms with Gasteiger partial charge in [-0.3, -0.25) is 4.79 Å². The monoisotopic (exact) mass is 540 g/mol. The number of anilines is 1. The van der Waals surface area contributed by atoms with Crippen molar-refractivity contribution in [2.75, 3.05) is 11.9 Å². The number of aliphatic carboxylic acids is 1. The summed E-state index contributed by atoms with van der Waals surface area (Å²) in [5.74, 6) is -0.863. The van der Waals surface area contributed by atoms with Crippen LogP contribution in [0.2, 0.25) is 0 Å². The van der Waals surface area contributed by atoms with Gasteiger partial charge in [-0.1, -0.05) is 32.3 Å². The second-order valence-electron chi connectivity index (χ2n) is 8.85. The van der Waals surface area contributed by atoms with E-state index in [1.165, 1.54) is 36.0 Å². The van der Waals surface area contributed by atoms with Gasteiger partial charge in [-0.05, 0) is 85.5 Å². The Balaban J connectivity index is 1.69. The molecule has 0 fully saturated rings. The van der Waals surface area contributed by atoms with Crippen LogP contribution in [0.15, 0.2) is 52.3 Å². The molecule has 2 unspecified atom stereocenters. The van der Waals surface area contributed by atoms with Gasteiger partial charge in [-0.15, -0.1) is 11.8 Å². The van der Waals surface area contributed by atoms with Gasteiger partial charge in [-0.2, -0.15) is 13.2 Å². The van der Waals surface area contributed by atoms with Crippen molar-refractivity contribution in [3.8, 4) is 0 Å². The van der Waals surface area contributed by atoms with Gasteiger partial charge in [0, 0.05) is 28.1 Å². The lowest BCUT2D eigenvalue weighted by Gasteiger charge is -2.29. The van der Waals surface area contributed by atoms with E-state index in [1.807, 2.05) is 23.1 Å². The zero-order valence-corrected chi connectivity index (χ0v) is 21.9. The molecule has 0 aromatic heterocycles. The van der Waals surface area contributed by atoms with E-state index in [1.54, 1.807) is 6.92 Å². The van der Waals surface area contributed by atoms with E-state index in [0.29, 0.717) is 25.1 Å². The van der Waals surface area contributed by atoms with Crippen LogP contribution < -0.4 is 5.32 Å². The Kier molecular flexibility index (Phi) is 10.0. The van der Waals surface area contributed by atoms with E-state index >= 15 is 0 Å². The Morgan fingerprint density at radius 1 is 1.06 bits per heavy atom. The third-order valence-electron chi connectivity index (χ3n) is 6.04. The van der Waals surface area contributed by atoms with E-state index in [4.69, 9.17) is 0 Å². The van der Waals surface area contributed by atoms with E-state index in [0.717, 1.165) is 41.7 Å². The molecule has 3 rings (SSSR count). The van der Waals surface area contributed by atoms with Crippen LogP contribution in [0.1, 0.15) is 50.7 Å². The molecule has 2 atom stereocenters. The molecule has 0 saturated carbocycles. The summed E-state index contributed by atoms with van der Waals surface area (Å²) in [5, 5.41) is 11.5. The number of hydrogen-bond donors (Lipinski definition) is 2. The summed E-state index contributed by atoms with van der Waals surface area (Å²) in [6.07, 6.45) is 5.42. The quantitative estimate of drug-likeness (QED) is 0.229. The number of carboxylic acid groups (broad SMARTS) is 1. The first-order valence-electron chi connectivity index (χ1n) is 12.0. The van der Waals surface area contributed by atoms with Crippen LogP contribution in [-0.2, 0) is 17.6 Å². The molecule has 0 aliphatic heterocycles. The van der Waals surface area contributed by atoms with Gasteiger partial charge >= 0.3 is 17.5 Å². The minimum Gasteiger partial charge on any atom is -0.480 e. The first-order chi connectivity index (χ1) is 17.1. The van der Waals surface area contributed by atoms with Crippen LogP contribution in [0.25, 0.3) is 0 Å². The summed E-state index contributed by atoms with van der Waals surface area (Å²) in [4.78, 5) is 27.3. The average Bonchev–Trinajstić information content (AvgIpc) is 3.22. The van der Waals surface area contributed by atoms with Crippen molar-refractivity contribution < 1.29 is 27.9 Å². The number of rotatable bonds is 11. The number of amides is 2. The fraction of sp³-hybridized carbons (Fsp3) is 0.462. The highest BCUT2D eigenvalue weighted by molar-refractivity contribution is 8.00. The maximum atomic E-state index is 13.3. The highest BCUT2D eigenvalue weighted by Gasteiger charge is 2.31. The number of nitrogens with zero attached hydrogens (tertiary/aromatic N) is 1. The zero-order chi connectivity index (χ0) is 26.3. The minimum atomic E-state index is -4.36. The molecule has 2 N–H and O–H groups in total. The van der Waals surface area contributed by atoms with Crippen molar-refractivity contribution in [3.63, 3.8) is 0 Å². The summed E-state index contributed by atoms with van der Waals surface area (Å²) in [7, 11) is 0. The second kappa shape index (κ2) is 12.8. The molecule has 2 amide bonds. The maximum absolute atomic E-state index is 13.3. The number of halogens is 3. The highest BCUT2D eigenvalue weighted by atomic mass is 32.2. The number of nitrogens with one attached hydrogen (secondary N) is 1. The number of unbranched alkanes of at least 4 members (excludes halogenated alkanes) is 3. The van der Waals surface area contributed by atoms with Crippen molar-refractivity contribution in [2.24, 2.45) is 0 Å².